The average molecular weight is 308 g/mol. The Hall–Kier alpha value is -2.28. The summed E-state index contributed by atoms with van der Waals surface area (Å²) in [6.45, 7) is 1.66. The number of aromatic carboxylic acids is 1. The van der Waals surface area contributed by atoms with Crippen LogP contribution in [0.1, 0.15) is 21.7 Å². The van der Waals surface area contributed by atoms with Crippen molar-refractivity contribution in [2.24, 2.45) is 0 Å². The molecule has 0 amide bonds. The van der Waals surface area contributed by atoms with Crippen LogP contribution < -0.4 is 4.72 Å². The second-order valence-electron chi connectivity index (χ2n) is 4.70. The molecule has 0 saturated heterocycles. The molecule has 1 heterocycles. The van der Waals surface area contributed by atoms with Crippen LogP contribution in [0.15, 0.2) is 36.4 Å². The molecule has 2 rings (SSSR count). The van der Waals surface area contributed by atoms with Crippen LogP contribution >= 0.6 is 0 Å². The fourth-order valence-electron chi connectivity index (χ4n) is 1.95. The van der Waals surface area contributed by atoms with Crippen molar-refractivity contribution in [2.45, 2.75) is 13.3 Å². The SMILES string of the molecule is Cc1cc(NS(=O)(=O)CCc2ccccc2)c(C(=O)O)[nH]1. The number of H-pyrrole nitrogens is 1. The van der Waals surface area contributed by atoms with Gasteiger partial charge in [-0.2, -0.15) is 0 Å². The molecule has 6 nitrogen and oxygen atoms in total. The number of carboxylic acid groups (broad SMARTS) is 1. The molecule has 0 unspecified atom stereocenters. The minimum absolute atomic E-state index is 0.0630. The van der Waals surface area contributed by atoms with Crippen molar-refractivity contribution in [3.05, 3.63) is 53.3 Å². The minimum Gasteiger partial charge on any atom is -0.477 e. The first kappa shape index (κ1) is 15.1. The zero-order valence-corrected chi connectivity index (χ0v) is 12.3. The maximum Gasteiger partial charge on any atom is 0.354 e. The zero-order chi connectivity index (χ0) is 15.5. The van der Waals surface area contributed by atoms with E-state index in [1.54, 1.807) is 6.92 Å². The average Bonchev–Trinajstić information content (AvgIpc) is 2.78. The summed E-state index contributed by atoms with van der Waals surface area (Å²) >= 11 is 0. The van der Waals surface area contributed by atoms with Crippen LogP contribution in [-0.2, 0) is 16.4 Å². The Morgan fingerprint density at radius 2 is 1.95 bits per heavy atom. The van der Waals surface area contributed by atoms with Crippen LogP contribution in [-0.4, -0.2) is 30.2 Å². The van der Waals surface area contributed by atoms with E-state index in [2.05, 4.69) is 9.71 Å². The van der Waals surface area contributed by atoms with Gasteiger partial charge in [0.05, 0.1) is 11.4 Å². The highest BCUT2D eigenvalue weighted by Gasteiger charge is 2.18. The number of benzene rings is 1. The van der Waals surface area contributed by atoms with E-state index in [0.29, 0.717) is 12.1 Å². The number of aromatic nitrogens is 1. The highest BCUT2D eigenvalue weighted by Crippen LogP contribution is 2.18. The molecule has 1 aromatic heterocycles. The molecular weight excluding hydrogens is 292 g/mol. The lowest BCUT2D eigenvalue weighted by molar-refractivity contribution is 0.0692. The Kier molecular flexibility index (Phi) is 4.32. The molecular formula is C14H16N2O4S. The Bertz CT molecular complexity index is 736. The van der Waals surface area contributed by atoms with Gasteiger partial charge in [-0.05, 0) is 25.0 Å². The molecule has 0 spiro atoms. The number of carboxylic acids is 1. The molecule has 2 aromatic rings. The Morgan fingerprint density at radius 1 is 1.29 bits per heavy atom. The van der Waals surface area contributed by atoms with Crippen molar-refractivity contribution in [1.82, 2.24) is 4.98 Å². The Balaban J connectivity index is 2.09. The Labute approximate surface area is 122 Å². The summed E-state index contributed by atoms with van der Waals surface area (Å²) in [4.78, 5) is 13.6. The van der Waals surface area contributed by atoms with E-state index in [9.17, 15) is 13.2 Å². The number of hydrogen-bond donors (Lipinski definition) is 3. The number of aromatic amines is 1. The topological polar surface area (TPSA) is 99.3 Å². The molecule has 0 fully saturated rings. The van der Waals surface area contributed by atoms with E-state index in [1.807, 2.05) is 30.3 Å². The molecule has 0 saturated carbocycles. The standard InChI is InChI=1S/C14H16N2O4S/c1-10-9-12(13(15-10)14(17)18)16-21(19,20)8-7-11-5-3-2-4-6-11/h2-6,9,15-16H,7-8H2,1H3,(H,17,18). The van der Waals surface area contributed by atoms with E-state index >= 15 is 0 Å². The molecule has 0 radical (unpaired) electrons. The van der Waals surface area contributed by atoms with Gasteiger partial charge in [-0.15, -0.1) is 0 Å². The number of carbonyl (C=O) groups is 1. The first-order chi connectivity index (χ1) is 9.87. The van der Waals surface area contributed by atoms with Crippen molar-refractivity contribution < 1.29 is 18.3 Å². The third-order valence-electron chi connectivity index (χ3n) is 2.93. The summed E-state index contributed by atoms with van der Waals surface area (Å²) in [6.07, 6.45) is 0.363. The van der Waals surface area contributed by atoms with E-state index in [-0.39, 0.29) is 17.1 Å². The van der Waals surface area contributed by atoms with Crippen LogP contribution in [0.4, 0.5) is 5.69 Å². The van der Waals surface area contributed by atoms with Gasteiger partial charge in [0, 0.05) is 5.69 Å². The van der Waals surface area contributed by atoms with Crippen molar-refractivity contribution >= 4 is 21.7 Å². The van der Waals surface area contributed by atoms with Gasteiger partial charge in [-0.1, -0.05) is 30.3 Å². The summed E-state index contributed by atoms with van der Waals surface area (Å²) in [5, 5.41) is 9.02. The number of rotatable bonds is 6. The van der Waals surface area contributed by atoms with Gasteiger partial charge in [-0.3, -0.25) is 4.72 Å². The van der Waals surface area contributed by atoms with Gasteiger partial charge in [0.2, 0.25) is 10.0 Å². The maximum atomic E-state index is 12.0. The molecule has 3 N–H and O–H groups in total. The largest absolute Gasteiger partial charge is 0.477 e. The lowest BCUT2D eigenvalue weighted by Crippen LogP contribution is -2.19. The predicted octanol–water partition coefficient (Wildman–Crippen LogP) is 2.01. The molecule has 0 aliphatic carbocycles. The third kappa shape index (κ3) is 4.09. The monoisotopic (exact) mass is 308 g/mol. The van der Waals surface area contributed by atoms with E-state index in [4.69, 9.17) is 5.11 Å². The lowest BCUT2D eigenvalue weighted by Gasteiger charge is -2.07. The molecule has 0 aliphatic heterocycles. The van der Waals surface area contributed by atoms with E-state index in [1.165, 1.54) is 6.07 Å². The fraction of sp³-hybridized carbons (Fsp3) is 0.214. The molecule has 0 aliphatic rings. The van der Waals surface area contributed by atoms with Crippen molar-refractivity contribution in [3.63, 3.8) is 0 Å². The number of sulfonamides is 1. The highest BCUT2D eigenvalue weighted by atomic mass is 32.2. The summed E-state index contributed by atoms with van der Waals surface area (Å²) in [7, 11) is -3.61. The van der Waals surface area contributed by atoms with Gasteiger partial charge in [0.1, 0.15) is 5.69 Å². The number of anilines is 1. The van der Waals surface area contributed by atoms with Crippen molar-refractivity contribution in [1.29, 1.82) is 0 Å². The van der Waals surface area contributed by atoms with Gasteiger partial charge in [0.25, 0.3) is 0 Å². The zero-order valence-electron chi connectivity index (χ0n) is 11.5. The predicted molar refractivity (Wildman–Crippen MR) is 80.0 cm³/mol. The van der Waals surface area contributed by atoms with Crippen LogP contribution in [0.25, 0.3) is 0 Å². The fourth-order valence-corrected chi connectivity index (χ4v) is 3.06. The van der Waals surface area contributed by atoms with Gasteiger partial charge in [-0.25, -0.2) is 13.2 Å². The first-order valence-corrected chi connectivity index (χ1v) is 8.00. The summed E-state index contributed by atoms with van der Waals surface area (Å²) in [6, 6.07) is 10.7. The quantitative estimate of drug-likeness (QED) is 0.760. The number of hydrogen-bond acceptors (Lipinski definition) is 3. The third-order valence-corrected chi connectivity index (χ3v) is 4.21. The number of nitrogens with one attached hydrogen (secondary N) is 2. The highest BCUT2D eigenvalue weighted by molar-refractivity contribution is 7.92. The second-order valence-corrected chi connectivity index (χ2v) is 6.54. The smallest absolute Gasteiger partial charge is 0.354 e. The summed E-state index contributed by atoms with van der Waals surface area (Å²) < 4.78 is 26.4. The molecule has 0 bridgehead atoms. The maximum absolute atomic E-state index is 12.0. The second kappa shape index (κ2) is 6.01. The van der Waals surface area contributed by atoms with Crippen molar-refractivity contribution in [3.8, 4) is 0 Å². The number of aryl methyl sites for hydroxylation is 2. The van der Waals surface area contributed by atoms with Gasteiger partial charge < -0.3 is 10.1 Å². The summed E-state index contributed by atoms with van der Waals surface area (Å²) in [5.41, 5.74) is 1.39. The molecule has 7 heteroatoms. The summed E-state index contributed by atoms with van der Waals surface area (Å²) in [5.74, 6) is -1.32. The van der Waals surface area contributed by atoms with Gasteiger partial charge in [0.15, 0.2) is 0 Å². The molecule has 21 heavy (non-hydrogen) atoms. The molecule has 1 aromatic carbocycles. The first-order valence-electron chi connectivity index (χ1n) is 6.35. The van der Waals surface area contributed by atoms with Crippen LogP contribution in [0, 0.1) is 6.92 Å². The van der Waals surface area contributed by atoms with Crippen LogP contribution in [0.2, 0.25) is 0 Å². The normalized spacial score (nSPS) is 11.3. The van der Waals surface area contributed by atoms with E-state index in [0.717, 1.165) is 5.56 Å². The van der Waals surface area contributed by atoms with Crippen LogP contribution in [0.5, 0.6) is 0 Å². The molecule has 112 valence electrons. The molecule has 0 atom stereocenters. The Morgan fingerprint density at radius 3 is 2.57 bits per heavy atom. The van der Waals surface area contributed by atoms with Crippen LogP contribution in [0.3, 0.4) is 0 Å². The van der Waals surface area contributed by atoms with Gasteiger partial charge >= 0.3 is 5.97 Å². The minimum atomic E-state index is -3.61. The van der Waals surface area contributed by atoms with E-state index < -0.39 is 16.0 Å². The lowest BCUT2D eigenvalue weighted by atomic mass is 10.2. The van der Waals surface area contributed by atoms with Crippen molar-refractivity contribution in [2.75, 3.05) is 10.5 Å².